The molecule has 0 aromatic heterocycles. The number of anilines is 1. The lowest BCUT2D eigenvalue weighted by molar-refractivity contribution is -0.120. The third-order valence-corrected chi connectivity index (χ3v) is 3.84. The number of carbonyl (C=O) groups is 1. The van der Waals surface area contributed by atoms with Gasteiger partial charge >= 0.3 is 0 Å². The fraction of sp³-hybridized carbons (Fsp3) is 0.533. The van der Waals surface area contributed by atoms with E-state index in [0.717, 1.165) is 18.7 Å². The molecule has 1 heterocycles. The molecule has 0 spiro atoms. The van der Waals surface area contributed by atoms with E-state index < -0.39 is 0 Å². The monoisotopic (exact) mass is 298 g/mol. The topological polar surface area (TPSA) is 55.6 Å². The van der Waals surface area contributed by atoms with Crippen LogP contribution in [0.25, 0.3) is 0 Å². The molecule has 1 amide bonds. The van der Waals surface area contributed by atoms with Gasteiger partial charge in [0.1, 0.15) is 0 Å². The smallest absolute Gasteiger partial charge is 0.229 e. The maximum atomic E-state index is 12.4. The summed E-state index contributed by atoms with van der Waals surface area (Å²) in [5.74, 6) is 0.602. The summed E-state index contributed by atoms with van der Waals surface area (Å²) in [6.45, 7) is 3.35. The summed E-state index contributed by atoms with van der Waals surface area (Å²) in [5, 5.41) is 0. The fourth-order valence-corrected chi connectivity index (χ4v) is 2.58. The number of amides is 1. The van der Waals surface area contributed by atoms with Crippen LogP contribution in [-0.4, -0.2) is 32.2 Å². The number of rotatable bonds is 4. The van der Waals surface area contributed by atoms with Gasteiger partial charge in [0.2, 0.25) is 5.91 Å². The van der Waals surface area contributed by atoms with Crippen LogP contribution in [0.3, 0.4) is 0 Å². The van der Waals surface area contributed by atoms with Crippen LogP contribution in [0.5, 0.6) is 0 Å². The first-order valence-electron chi connectivity index (χ1n) is 6.79. The van der Waals surface area contributed by atoms with Crippen molar-refractivity contribution in [1.29, 1.82) is 0 Å². The molecule has 1 aromatic carbocycles. The Bertz CT molecular complexity index is 449. The van der Waals surface area contributed by atoms with Crippen molar-refractivity contribution in [2.24, 2.45) is 5.73 Å². The first-order valence-corrected chi connectivity index (χ1v) is 6.79. The highest BCUT2D eigenvalue weighted by Gasteiger charge is 2.27. The van der Waals surface area contributed by atoms with Gasteiger partial charge < -0.3 is 15.4 Å². The van der Waals surface area contributed by atoms with Crippen molar-refractivity contribution in [3.05, 3.63) is 29.8 Å². The van der Waals surface area contributed by atoms with E-state index in [-0.39, 0.29) is 24.4 Å². The summed E-state index contributed by atoms with van der Waals surface area (Å²) in [6, 6.07) is 8.14. The van der Waals surface area contributed by atoms with Crippen molar-refractivity contribution in [3.63, 3.8) is 0 Å². The van der Waals surface area contributed by atoms with Gasteiger partial charge in [0.15, 0.2) is 0 Å². The lowest BCUT2D eigenvalue weighted by atomic mass is 9.91. The van der Waals surface area contributed by atoms with E-state index in [1.807, 2.05) is 23.1 Å². The highest BCUT2D eigenvalue weighted by molar-refractivity contribution is 5.95. The molecule has 0 bridgehead atoms. The molecule has 1 aliphatic rings. The van der Waals surface area contributed by atoms with Gasteiger partial charge in [0.05, 0.1) is 12.5 Å². The zero-order valence-corrected chi connectivity index (χ0v) is 12.9. The van der Waals surface area contributed by atoms with Gasteiger partial charge in [-0.15, -0.1) is 12.4 Å². The van der Waals surface area contributed by atoms with Crippen molar-refractivity contribution in [2.75, 3.05) is 25.1 Å². The van der Waals surface area contributed by atoms with Crippen molar-refractivity contribution in [1.82, 2.24) is 0 Å². The normalized spacial score (nSPS) is 18.9. The van der Waals surface area contributed by atoms with E-state index in [9.17, 15) is 4.79 Å². The SMILES string of the molecule is COC(CN)CC(=O)N1CCC(C)c2ccccc21.Cl. The Hall–Kier alpha value is -1.10. The van der Waals surface area contributed by atoms with Gasteiger partial charge in [-0.05, 0) is 24.0 Å². The maximum absolute atomic E-state index is 12.4. The minimum absolute atomic E-state index is 0. The molecule has 20 heavy (non-hydrogen) atoms. The van der Waals surface area contributed by atoms with Crippen LogP contribution in [0.1, 0.15) is 31.2 Å². The van der Waals surface area contributed by atoms with E-state index in [0.29, 0.717) is 18.9 Å². The van der Waals surface area contributed by atoms with Crippen molar-refractivity contribution in [2.45, 2.75) is 31.8 Å². The standard InChI is InChI=1S/C15H22N2O2.ClH/c1-11-7-8-17(14-6-4-3-5-13(11)14)15(18)9-12(10-16)19-2;/h3-6,11-12H,7-10,16H2,1-2H3;1H. The Morgan fingerprint density at radius 2 is 2.20 bits per heavy atom. The molecule has 112 valence electrons. The molecule has 2 unspecified atom stereocenters. The zero-order valence-electron chi connectivity index (χ0n) is 12.0. The molecular weight excluding hydrogens is 276 g/mol. The number of halogens is 1. The van der Waals surface area contributed by atoms with Gasteiger partial charge in [-0.25, -0.2) is 0 Å². The molecule has 1 aliphatic heterocycles. The second kappa shape index (κ2) is 7.62. The Balaban J connectivity index is 0.00000200. The molecule has 5 heteroatoms. The van der Waals surface area contributed by atoms with Gasteiger partial charge in [0.25, 0.3) is 0 Å². The largest absolute Gasteiger partial charge is 0.380 e. The number of carbonyl (C=O) groups excluding carboxylic acids is 1. The second-order valence-corrected chi connectivity index (χ2v) is 5.09. The lowest BCUT2D eigenvalue weighted by Crippen LogP contribution is -2.39. The van der Waals surface area contributed by atoms with Gasteiger partial charge in [-0.2, -0.15) is 0 Å². The quantitative estimate of drug-likeness (QED) is 0.928. The number of nitrogens with zero attached hydrogens (tertiary/aromatic N) is 1. The minimum Gasteiger partial charge on any atom is -0.380 e. The third kappa shape index (κ3) is 3.51. The van der Waals surface area contributed by atoms with Gasteiger partial charge in [-0.3, -0.25) is 4.79 Å². The maximum Gasteiger partial charge on any atom is 0.229 e. The summed E-state index contributed by atoms with van der Waals surface area (Å²) in [4.78, 5) is 14.3. The number of ether oxygens (including phenoxy) is 1. The number of nitrogens with two attached hydrogens (primary N) is 1. The van der Waals surface area contributed by atoms with E-state index in [1.54, 1.807) is 7.11 Å². The summed E-state index contributed by atoms with van der Waals surface area (Å²) in [6.07, 6.45) is 1.15. The molecule has 4 nitrogen and oxygen atoms in total. The average Bonchev–Trinajstić information content (AvgIpc) is 2.45. The van der Waals surface area contributed by atoms with Crippen molar-refractivity contribution < 1.29 is 9.53 Å². The van der Waals surface area contributed by atoms with Gasteiger partial charge in [-0.1, -0.05) is 25.1 Å². The van der Waals surface area contributed by atoms with Crippen LogP contribution >= 0.6 is 12.4 Å². The number of benzene rings is 1. The third-order valence-electron chi connectivity index (χ3n) is 3.84. The summed E-state index contributed by atoms with van der Waals surface area (Å²) >= 11 is 0. The second-order valence-electron chi connectivity index (χ2n) is 5.09. The predicted octanol–water partition coefficient (Wildman–Crippen LogP) is 2.31. The molecule has 2 rings (SSSR count). The van der Waals surface area contributed by atoms with Crippen LogP contribution in [0.4, 0.5) is 5.69 Å². The lowest BCUT2D eigenvalue weighted by Gasteiger charge is -2.33. The number of fused-ring (bicyclic) bond motifs is 1. The van der Waals surface area contributed by atoms with Crippen LogP contribution in [0.15, 0.2) is 24.3 Å². The highest BCUT2D eigenvalue weighted by atomic mass is 35.5. The molecule has 0 aliphatic carbocycles. The number of para-hydroxylation sites is 1. The molecule has 2 N–H and O–H groups in total. The molecule has 0 saturated heterocycles. The molecule has 0 radical (unpaired) electrons. The zero-order chi connectivity index (χ0) is 13.8. The van der Waals surface area contributed by atoms with Crippen LogP contribution in [-0.2, 0) is 9.53 Å². The molecular formula is C15H23ClN2O2. The number of hydrogen-bond donors (Lipinski definition) is 1. The summed E-state index contributed by atoms with van der Waals surface area (Å²) < 4.78 is 5.20. The van der Waals surface area contributed by atoms with Crippen LogP contribution < -0.4 is 10.6 Å². The first-order chi connectivity index (χ1) is 9.17. The van der Waals surface area contributed by atoms with E-state index in [2.05, 4.69) is 13.0 Å². The molecule has 1 aromatic rings. The van der Waals surface area contributed by atoms with E-state index in [1.165, 1.54) is 5.56 Å². The number of methoxy groups -OCH3 is 1. The van der Waals surface area contributed by atoms with Crippen LogP contribution in [0, 0.1) is 0 Å². The van der Waals surface area contributed by atoms with Crippen molar-refractivity contribution >= 4 is 24.0 Å². The summed E-state index contributed by atoms with van der Waals surface area (Å²) in [5.41, 5.74) is 7.88. The average molecular weight is 299 g/mol. The Morgan fingerprint density at radius 1 is 1.50 bits per heavy atom. The minimum atomic E-state index is -0.195. The van der Waals surface area contributed by atoms with Crippen molar-refractivity contribution in [3.8, 4) is 0 Å². The molecule has 0 fully saturated rings. The fourth-order valence-electron chi connectivity index (χ4n) is 2.58. The first kappa shape index (κ1) is 17.0. The summed E-state index contributed by atoms with van der Waals surface area (Å²) in [7, 11) is 1.59. The Labute approximate surface area is 126 Å². The van der Waals surface area contributed by atoms with Gasteiger partial charge in [0, 0.05) is 25.9 Å². The number of hydrogen-bond acceptors (Lipinski definition) is 3. The predicted molar refractivity (Wildman–Crippen MR) is 83.5 cm³/mol. The van der Waals surface area contributed by atoms with E-state index >= 15 is 0 Å². The van der Waals surface area contributed by atoms with E-state index in [4.69, 9.17) is 10.5 Å². The molecule has 0 saturated carbocycles. The Morgan fingerprint density at radius 3 is 2.85 bits per heavy atom. The molecule has 2 atom stereocenters. The Kier molecular flexibility index (Phi) is 6.46. The highest BCUT2D eigenvalue weighted by Crippen LogP contribution is 2.35. The van der Waals surface area contributed by atoms with Crippen LogP contribution in [0.2, 0.25) is 0 Å².